The smallest absolute Gasteiger partial charge is 0.108 e. The van der Waals surface area contributed by atoms with Gasteiger partial charge in [-0.1, -0.05) is 48.8 Å². The number of nitrogens with one attached hydrogen (secondary N) is 1. The molecule has 2 aromatic rings. The number of imidazole rings is 1. The molecule has 1 aromatic heterocycles. The van der Waals surface area contributed by atoms with Gasteiger partial charge in [0.05, 0.1) is 0 Å². The quantitative estimate of drug-likeness (QED) is 0.818. The molecule has 0 aliphatic carbocycles. The van der Waals surface area contributed by atoms with Crippen molar-refractivity contribution in [3.05, 3.63) is 52.0 Å². The van der Waals surface area contributed by atoms with Crippen LogP contribution in [0.1, 0.15) is 37.7 Å². The maximum atomic E-state index is 4.37. The zero-order chi connectivity index (χ0) is 15.2. The SMILES string of the molecule is CCc1nccn1Cc1ccc(CNCC(C)C)cc1Br. The van der Waals surface area contributed by atoms with Gasteiger partial charge in [0, 0.05) is 36.4 Å². The highest BCUT2D eigenvalue weighted by molar-refractivity contribution is 9.10. The largest absolute Gasteiger partial charge is 0.330 e. The molecular weight excluding hydrogens is 326 g/mol. The first kappa shape index (κ1) is 16.2. The minimum absolute atomic E-state index is 0.682. The maximum Gasteiger partial charge on any atom is 0.108 e. The Balaban J connectivity index is 2.02. The lowest BCUT2D eigenvalue weighted by Gasteiger charge is -2.11. The molecule has 4 heteroatoms. The Morgan fingerprint density at radius 1 is 1.33 bits per heavy atom. The third-order valence-corrected chi connectivity index (χ3v) is 4.20. The Kier molecular flexibility index (Phi) is 6.00. The van der Waals surface area contributed by atoms with Gasteiger partial charge in [0.2, 0.25) is 0 Å². The average Bonchev–Trinajstić information content (AvgIpc) is 2.88. The number of hydrogen-bond acceptors (Lipinski definition) is 2. The van der Waals surface area contributed by atoms with Gasteiger partial charge in [-0.25, -0.2) is 4.98 Å². The molecule has 0 saturated heterocycles. The zero-order valence-electron chi connectivity index (χ0n) is 13.1. The van der Waals surface area contributed by atoms with Crippen molar-refractivity contribution in [2.24, 2.45) is 5.92 Å². The molecule has 114 valence electrons. The lowest BCUT2D eigenvalue weighted by molar-refractivity contribution is 0.552. The summed E-state index contributed by atoms with van der Waals surface area (Å²) in [5, 5.41) is 3.48. The summed E-state index contributed by atoms with van der Waals surface area (Å²) in [6, 6.07) is 6.62. The first-order valence-electron chi connectivity index (χ1n) is 7.58. The van der Waals surface area contributed by atoms with E-state index in [1.807, 2.05) is 12.4 Å². The molecule has 3 nitrogen and oxygen atoms in total. The summed E-state index contributed by atoms with van der Waals surface area (Å²) in [6.45, 7) is 9.42. The van der Waals surface area contributed by atoms with Gasteiger partial charge in [-0.15, -0.1) is 0 Å². The van der Waals surface area contributed by atoms with Crippen LogP contribution in [0.3, 0.4) is 0 Å². The van der Waals surface area contributed by atoms with E-state index in [1.54, 1.807) is 0 Å². The number of benzene rings is 1. The second-order valence-electron chi connectivity index (χ2n) is 5.78. The van der Waals surface area contributed by atoms with Crippen molar-refractivity contribution >= 4 is 15.9 Å². The van der Waals surface area contributed by atoms with Crippen LogP contribution in [0, 0.1) is 5.92 Å². The molecule has 0 radical (unpaired) electrons. The van der Waals surface area contributed by atoms with Crippen LogP contribution in [0.2, 0.25) is 0 Å². The van der Waals surface area contributed by atoms with Gasteiger partial charge in [0.1, 0.15) is 5.82 Å². The van der Waals surface area contributed by atoms with Crippen molar-refractivity contribution in [1.29, 1.82) is 0 Å². The van der Waals surface area contributed by atoms with Crippen molar-refractivity contribution in [2.45, 2.75) is 40.3 Å². The summed E-state index contributed by atoms with van der Waals surface area (Å²) in [4.78, 5) is 4.37. The van der Waals surface area contributed by atoms with E-state index in [1.165, 1.54) is 15.6 Å². The van der Waals surface area contributed by atoms with Crippen molar-refractivity contribution in [3.63, 3.8) is 0 Å². The molecule has 0 atom stereocenters. The standard InChI is InChI=1S/C17H24BrN3/c1-4-17-20-7-8-21(17)12-15-6-5-14(9-16(15)18)11-19-10-13(2)3/h5-9,13,19H,4,10-12H2,1-3H3. The second kappa shape index (κ2) is 7.76. The van der Waals surface area contributed by atoms with E-state index in [9.17, 15) is 0 Å². The van der Waals surface area contributed by atoms with Gasteiger partial charge in [-0.3, -0.25) is 0 Å². The van der Waals surface area contributed by atoms with E-state index in [0.717, 1.165) is 31.9 Å². The minimum Gasteiger partial charge on any atom is -0.330 e. The lowest BCUT2D eigenvalue weighted by atomic mass is 10.1. The summed E-state index contributed by atoms with van der Waals surface area (Å²) >= 11 is 3.70. The zero-order valence-corrected chi connectivity index (χ0v) is 14.7. The van der Waals surface area contributed by atoms with E-state index in [0.29, 0.717) is 5.92 Å². The molecule has 0 bridgehead atoms. The van der Waals surface area contributed by atoms with Gasteiger partial charge in [0.15, 0.2) is 0 Å². The predicted octanol–water partition coefficient (Wildman–Crippen LogP) is 4.00. The summed E-state index contributed by atoms with van der Waals surface area (Å²) in [7, 11) is 0. The summed E-state index contributed by atoms with van der Waals surface area (Å²) < 4.78 is 3.37. The summed E-state index contributed by atoms with van der Waals surface area (Å²) in [5.74, 6) is 1.81. The normalized spacial score (nSPS) is 11.3. The van der Waals surface area contributed by atoms with Crippen LogP contribution in [-0.4, -0.2) is 16.1 Å². The number of aromatic nitrogens is 2. The molecule has 0 saturated carbocycles. The van der Waals surface area contributed by atoms with Crippen LogP contribution in [0.15, 0.2) is 35.1 Å². The predicted molar refractivity (Wildman–Crippen MR) is 91.4 cm³/mol. The first-order valence-corrected chi connectivity index (χ1v) is 8.37. The Morgan fingerprint density at radius 3 is 2.81 bits per heavy atom. The average molecular weight is 350 g/mol. The Bertz CT molecular complexity index is 575. The van der Waals surface area contributed by atoms with Crippen LogP contribution in [-0.2, 0) is 19.5 Å². The van der Waals surface area contributed by atoms with Crippen LogP contribution in [0.4, 0.5) is 0 Å². The fourth-order valence-electron chi connectivity index (χ4n) is 2.32. The molecule has 2 rings (SSSR count). The first-order chi connectivity index (χ1) is 10.1. The fraction of sp³-hybridized carbons (Fsp3) is 0.471. The molecular formula is C17H24BrN3. The Hall–Kier alpha value is -1.13. The molecule has 1 N–H and O–H groups in total. The molecule has 21 heavy (non-hydrogen) atoms. The monoisotopic (exact) mass is 349 g/mol. The van der Waals surface area contributed by atoms with E-state index >= 15 is 0 Å². The van der Waals surface area contributed by atoms with E-state index in [2.05, 4.69) is 69.8 Å². The molecule has 0 unspecified atom stereocenters. The summed E-state index contributed by atoms with van der Waals surface area (Å²) in [5.41, 5.74) is 2.60. The highest BCUT2D eigenvalue weighted by atomic mass is 79.9. The van der Waals surface area contributed by atoms with E-state index in [-0.39, 0.29) is 0 Å². The molecule has 0 fully saturated rings. The maximum absolute atomic E-state index is 4.37. The third kappa shape index (κ3) is 4.68. The summed E-state index contributed by atoms with van der Waals surface area (Å²) in [6.07, 6.45) is 4.88. The molecule has 1 aromatic carbocycles. The van der Waals surface area contributed by atoms with Crippen molar-refractivity contribution < 1.29 is 0 Å². The molecule has 0 spiro atoms. The number of rotatable bonds is 7. The van der Waals surface area contributed by atoms with Gasteiger partial charge in [-0.2, -0.15) is 0 Å². The Labute approximate surface area is 135 Å². The van der Waals surface area contributed by atoms with Gasteiger partial charge in [0.25, 0.3) is 0 Å². The Morgan fingerprint density at radius 2 is 2.14 bits per heavy atom. The van der Waals surface area contributed by atoms with Crippen molar-refractivity contribution in [2.75, 3.05) is 6.54 Å². The van der Waals surface area contributed by atoms with Gasteiger partial charge < -0.3 is 9.88 Å². The van der Waals surface area contributed by atoms with Crippen LogP contribution in [0.25, 0.3) is 0 Å². The second-order valence-corrected chi connectivity index (χ2v) is 6.63. The number of hydrogen-bond donors (Lipinski definition) is 1. The molecule has 0 amide bonds. The molecule has 0 aliphatic heterocycles. The number of nitrogens with zero attached hydrogens (tertiary/aromatic N) is 2. The topological polar surface area (TPSA) is 29.9 Å². The third-order valence-electron chi connectivity index (χ3n) is 3.46. The number of aryl methyl sites for hydroxylation is 1. The van der Waals surface area contributed by atoms with E-state index < -0.39 is 0 Å². The fourth-order valence-corrected chi connectivity index (χ4v) is 2.87. The van der Waals surface area contributed by atoms with Crippen LogP contribution < -0.4 is 5.32 Å². The van der Waals surface area contributed by atoms with Crippen molar-refractivity contribution in [1.82, 2.24) is 14.9 Å². The van der Waals surface area contributed by atoms with Gasteiger partial charge in [-0.05, 0) is 29.7 Å². The van der Waals surface area contributed by atoms with E-state index in [4.69, 9.17) is 0 Å². The highest BCUT2D eigenvalue weighted by Crippen LogP contribution is 2.20. The van der Waals surface area contributed by atoms with Gasteiger partial charge >= 0.3 is 0 Å². The molecule has 1 heterocycles. The number of halogens is 1. The molecule has 0 aliphatic rings. The lowest BCUT2D eigenvalue weighted by Crippen LogP contribution is -2.19. The van der Waals surface area contributed by atoms with Crippen LogP contribution in [0.5, 0.6) is 0 Å². The minimum atomic E-state index is 0.682. The van der Waals surface area contributed by atoms with Crippen LogP contribution >= 0.6 is 15.9 Å². The van der Waals surface area contributed by atoms with Crippen molar-refractivity contribution in [3.8, 4) is 0 Å². The highest BCUT2D eigenvalue weighted by Gasteiger charge is 2.06.